The van der Waals surface area contributed by atoms with E-state index in [1.165, 1.54) is 0 Å². The number of rotatable bonds is 2. The van der Waals surface area contributed by atoms with E-state index in [4.69, 9.17) is 0 Å². The minimum Gasteiger partial charge on any atom is -0.340 e. The maximum atomic E-state index is 12.1. The van der Waals surface area contributed by atoms with Crippen LogP contribution < -0.4 is 0 Å². The number of hydrogen-bond acceptors (Lipinski definition) is 2. The zero-order valence-electron chi connectivity index (χ0n) is 13.7. The SMILES string of the molecule is C.C.C.CC(C)C.CC(C)N1CCN(C(=O)C2(C)CC2)CC1. The molecule has 1 amide bonds. The van der Waals surface area contributed by atoms with Gasteiger partial charge in [-0.05, 0) is 32.6 Å². The fourth-order valence-electron chi connectivity index (χ4n) is 2.22. The van der Waals surface area contributed by atoms with Gasteiger partial charge in [-0.25, -0.2) is 0 Å². The largest absolute Gasteiger partial charge is 0.340 e. The van der Waals surface area contributed by atoms with Crippen LogP contribution in [0.1, 0.15) is 76.7 Å². The molecular weight excluding hydrogens is 272 g/mol. The second-order valence-electron chi connectivity index (χ2n) is 7.21. The molecule has 0 aromatic carbocycles. The molecule has 0 atom stereocenters. The van der Waals surface area contributed by atoms with Gasteiger partial charge in [-0.15, -0.1) is 0 Å². The lowest BCUT2D eigenvalue weighted by atomic mass is 10.1. The van der Waals surface area contributed by atoms with E-state index in [0.29, 0.717) is 11.9 Å². The zero-order chi connectivity index (χ0) is 14.6. The van der Waals surface area contributed by atoms with Gasteiger partial charge in [0.2, 0.25) is 5.91 Å². The van der Waals surface area contributed by atoms with Crippen molar-refractivity contribution < 1.29 is 4.79 Å². The van der Waals surface area contributed by atoms with Gasteiger partial charge in [0.15, 0.2) is 0 Å². The summed E-state index contributed by atoms with van der Waals surface area (Å²) in [4.78, 5) is 16.6. The Hall–Kier alpha value is -0.570. The summed E-state index contributed by atoms with van der Waals surface area (Å²) in [5.41, 5.74) is 0.0139. The van der Waals surface area contributed by atoms with Crippen LogP contribution in [0.15, 0.2) is 0 Å². The van der Waals surface area contributed by atoms with E-state index in [1.807, 2.05) is 0 Å². The zero-order valence-corrected chi connectivity index (χ0v) is 13.7. The highest BCUT2D eigenvalue weighted by atomic mass is 16.2. The van der Waals surface area contributed by atoms with Crippen LogP contribution >= 0.6 is 0 Å². The second-order valence-corrected chi connectivity index (χ2v) is 7.21. The Morgan fingerprint density at radius 3 is 1.50 bits per heavy atom. The van der Waals surface area contributed by atoms with Gasteiger partial charge in [0, 0.05) is 37.6 Å². The van der Waals surface area contributed by atoms with Crippen molar-refractivity contribution in [2.24, 2.45) is 11.3 Å². The minimum absolute atomic E-state index is 0. The molecule has 3 nitrogen and oxygen atoms in total. The number of carbonyl (C=O) groups excluding carboxylic acids is 1. The summed E-state index contributed by atoms with van der Waals surface area (Å²) < 4.78 is 0. The molecule has 1 aliphatic heterocycles. The van der Waals surface area contributed by atoms with Crippen molar-refractivity contribution in [3.63, 3.8) is 0 Å². The van der Waals surface area contributed by atoms with Crippen molar-refractivity contribution in [1.29, 1.82) is 0 Å². The van der Waals surface area contributed by atoms with Crippen LogP contribution in [0.3, 0.4) is 0 Å². The molecule has 1 aliphatic carbocycles. The number of carbonyl (C=O) groups is 1. The predicted octanol–water partition coefficient (Wildman–Crippen LogP) is 4.91. The smallest absolute Gasteiger partial charge is 0.228 e. The molecule has 0 unspecified atom stereocenters. The van der Waals surface area contributed by atoms with Crippen LogP contribution in [0.4, 0.5) is 0 Å². The molecular formula is C19H44N2O. The van der Waals surface area contributed by atoms with Crippen LogP contribution in [0.5, 0.6) is 0 Å². The van der Waals surface area contributed by atoms with Crippen LogP contribution in [-0.4, -0.2) is 47.9 Å². The molecule has 0 spiro atoms. The predicted molar refractivity (Wildman–Crippen MR) is 101 cm³/mol. The van der Waals surface area contributed by atoms with Gasteiger partial charge in [0.1, 0.15) is 0 Å². The molecule has 2 fully saturated rings. The van der Waals surface area contributed by atoms with Crippen molar-refractivity contribution in [3.05, 3.63) is 0 Å². The molecule has 22 heavy (non-hydrogen) atoms. The van der Waals surface area contributed by atoms with E-state index >= 15 is 0 Å². The molecule has 0 aromatic rings. The first-order valence-electron chi connectivity index (χ1n) is 7.79. The quantitative estimate of drug-likeness (QED) is 0.722. The summed E-state index contributed by atoms with van der Waals surface area (Å²) in [5.74, 6) is 1.23. The third-order valence-electron chi connectivity index (χ3n) is 3.85. The van der Waals surface area contributed by atoms with Gasteiger partial charge in [-0.2, -0.15) is 0 Å². The van der Waals surface area contributed by atoms with Crippen LogP contribution in [0.25, 0.3) is 0 Å². The average molecular weight is 317 g/mol. The monoisotopic (exact) mass is 316 g/mol. The van der Waals surface area contributed by atoms with E-state index in [2.05, 4.69) is 51.3 Å². The number of piperazine rings is 1. The standard InChI is InChI=1S/C12H22N2O.C4H10.3CH4/c1-10(2)13-6-8-14(9-7-13)11(15)12(3)4-5-12;1-4(2)3;;;/h10H,4-9H2,1-3H3;4H,1-3H3;3*1H4. The van der Waals surface area contributed by atoms with Crippen molar-refractivity contribution in [3.8, 4) is 0 Å². The minimum atomic E-state index is 0. The van der Waals surface area contributed by atoms with Gasteiger partial charge in [0.25, 0.3) is 0 Å². The third-order valence-corrected chi connectivity index (χ3v) is 3.85. The fourth-order valence-corrected chi connectivity index (χ4v) is 2.22. The lowest BCUT2D eigenvalue weighted by molar-refractivity contribution is -0.138. The number of hydrogen-bond donors (Lipinski definition) is 0. The maximum Gasteiger partial charge on any atom is 0.228 e. The van der Waals surface area contributed by atoms with Gasteiger partial charge in [0.05, 0.1) is 0 Å². The summed E-state index contributed by atoms with van der Waals surface area (Å²) in [6.45, 7) is 17.0. The highest BCUT2D eigenvalue weighted by molar-refractivity contribution is 5.85. The molecule has 136 valence electrons. The van der Waals surface area contributed by atoms with Crippen LogP contribution in [0, 0.1) is 11.3 Å². The topological polar surface area (TPSA) is 23.6 Å². The fraction of sp³-hybridized carbons (Fsp3) is 0.947. The first kappa shape index (κ1) is 26.3. The molecule has 0 aromatic heterocycles. The molecule has 0 N–H and O–H groups in total. The normalized spacial score (nSPS) is 19.2. The Morgan fingerprint density at radius 1 is 0.864 bits per heavy atom. The summed E-state index contributed by atoms with van der Waals surface area (Å²) in [6.07, 6.45) is 2.19. The Balaban J connectivity index is -0.000000466. The van der Waals surface area contributed by atoms with Crippen LogP contribution in [0.2, 0.25) is 0 Å². The van der Waals surface area contributed by atoms with Gasteiger partial charge >= 0.3 is 0 Å². The Bertz CT molecular complexity index is 285. The van der Waals surface area contributed by atoms with E-state index in [1.54, 1.807) is 0 Å². The lowest BCUT2D eigenvalue weighted by Gasteiger charge is -2.38. The molecule has 1 heterocycles. The van der Waals surface area contributed by atoms with Gasteiger partial charge in [-0.3, -0.25) is 9.69 Å². The summed E-state index contributed by atoms with van der Waals surface area (Å²) >= 11 is 0. The van der Waals surface area contributed by atoms with Crippen molar-refractivity contribution in [2.45, 2.75) is 82.7 Å². The van der Waals surface area contributed by atoms with Crippen molar-refractivity contribution in [2.75, 3.05) is 26.2 Å². The average Bonchev–Trinajstić information content (AvgIpc) is 3.07. The maximum absolute atomic E-state index is 12.1. The highest BCUT2D eigenvalue weighted by Gasteiger charge is 2.47. The van der Waals surface area contributed by atoms with Crippen molar-refractivity contribution >= 4 is 5.91 Å². The number of nitrogens with zero attached hydrogens (tertiary/aromatic N) is 2. The van der Waals surface area contributed by atoms with E-state index in [9.17, 15) is 4.79 Å². The van der Waals surface area contributed by atoms with E-state index < -0.39 is 0 Å². The first-order chi connectivity index (χ1) is 8.76. The molecule has 1 saturated heterocycles. The summed E-state index contributed by atoms with van der Waals surface area (Å²) in [5, 5.41) is 0. The Morgan fingerprint density at radius 2 is 1.23 bits per heavy atom. The molecule has 0 bridgehead atoms. The third kappa shape index (κ3) is 8.17. The summed E-state index contributed by atoms with van der Waals surface area (Å²) in [6, 6.07) is 0.610. The van der Waals surface area contributed by atoms with Crippen molar-refractivity contribution in [1.82, 2.24) is 9.80 Å². The molecule has 2 rings (SSSR count). The van der Waals surface area contributed by atoms with Gasteiger partial charge in [-0.1, -0.05) is 50.0 Å². The lowest BCUT2D eigenvalue weighted by Crippen LogP contribution is -2.52. The summed E-state index contributed by atoms with van der Waals surface area (Å²) in [7, 11) is 0. The molecule has 0 radical (unpaired) electrons. The Labute approximate surface area is 141 Å². The van der Waals surface area contributed by atoms with E-state index in [0.717, 1.165) is 44.9 Å². The first-order valence-corrected chi connectivity index (χ1v) is 7.79. The Kier molecular flexibility index (Phi) is 13.2. The highest BCUT2D eigenvalue weighted by Crippen LogP contribution is 2.46. The van der Waals surface area contributed by atoms with Crippen LogP contribution in [-0.2, 0) is 4.79 Å². The molecule has 3 heteroatoms. The molecule has 1 saturated carbocycles. The van der Waals surface area contributed by atoms with E-state index in [-0.39, 0.29) is 27.7 Å². The van der Waals surface area contributed by atoms with Gasteiger partial charge < -0.3 is 4.90 Å². The molecule has 2 aliphatic rings. The number of amides is 1. The second kappa shape index (κ2) is 11.0.